The van der Waals surface area contributed by atoms with E-state index in [2.05, 4.69) is 15.5 Å². The van der Waals surface area contributed by atoms with Gasteiger partial charge < -0.3 is 5.32 Å². The molecule has 0 aromatic carbocycles. The van der Waals surface area contributed by atoms with Crippen LogP contribution in [0.1, 0.15) is 54.2 Å². The van der Waals surface area contributed by atoms with Gasteiger partial charge in [-0.1, -0.05) is 6.42 Å². The Hall–Kier alpha value is -1.32. The molecule has 0 aliphatic heterocycles. The number of hydrogen-bond donors (Lipinski definition) is 2. The monoisotopic (exact) mass is 219 g/mol. The SMILES string of the molecule is O=C(NCC1CCC1)c1cc(C2CC2)[nH]n1. The van der Waals surface area contributed by atoms with Crippen molar-refractivity contribution in [3.63, 3.8) is 0 Å². The lowest BCUT2D eigenvalue weighted by molar-refractivity contribution is 0.0934. The molecule has 0 spiro atoms. The number of carbonyl (C=O) groups excluding carboxylic acids is 1. The minimum Gasteiger partial charge on any atom is -0.350 e. The molecule has 4 nitrogen and oxygen atoms in total. The first-order chi connectivity index (χ1) is 7.83. The van der Waals surface area contributed by atoms with Crippen LogP contribution in [0.5, 0.6) is 0 Å². The topological polar surface area (TPSA) is 57.8 Å². The van der Waals surface area contributed by atoms with Gasteiger partial charge in [0, 0.05) is 18.2 Å². The van der Waals surface area contributed by atoms with E-state index in [0.29, 0.717) is 17.5 Å². The number of hydrogen-bond acceptors (Lipinski definition) is 2. The normalized spacial score (nSPS) is 20.5. The predicted octanol–water partition coefficient (Wildman–Crippen LogP) is 1.82. The number of nitrogens with zero attached hydrogens (tertiary/aromatic N) is 1. The first kappa shape index (κ1) is 9.87. The van der Waals surface area contributed by atoms with E-state index >= 15 is 0 Å². The summed E-state index contributed by atoms with van der Waals surface area (Å²) < 4.78 is 0. The van der Waals surface area contributed by atoms with Crippen LogP contribution in [-0.2, 0) is 0 Å². The lowest BCUT2D eigenvalue weighted by atomic mass is 9.85. The minimum absolute atomic E-state index is 0.0324. The summed E-state index contributed by atoms with van der Waals surface area (Å²) in [5.41, 5.74) is 1.66. The highest BCUT2D eigenvalue weighted by molar-refractivity contribution is 5.92. The van der Waals surface area contributed by atoms with Crippen molar-refractivity contribution < 1.29 is 4.79 Å². The third kappa shape index (κ3) is 1.96. The molecule has 2 saturated carbocycles. The number of carbonyl (C=O) groups is 1. The van der Waals surface area contributed by atoms with E-state index in [1.807, 2.05) is 6.07 Å². The van der Waals surface area contributed by atoms with E-state index in [4.69, 9.17) is 0 Å². The molecule has 2 N–H and O–H groups in total. The van der Waals surface area contributed by atoms with Crippen LogP contribution in [0.25, 0.3) is 0 Å². The third-order valence-corrected chi connectivity index (χ3v) is 3.62. The van der Waals surface area contributed by atoms with E-state index < -0.39 is 0 Å². The maximum Gasteiger partial charge on any atom is 0.271 e. The average Bonchev–Trinajstić information content (AvgIpc) is 2.94. The van der Waals surface area contributed by atoms with Crippen molar-refractivity contribution in [3.05, 3.63) is 17.5 Å². The summed E-state index contributed by atoms with van der Waals surface area (Å²) in [6.07, 6.45) is 6.29. The highest BCUT2D eigenvalue weighted by Crippen LogP contribution is 2.38. The zero-order valence-corrected chi connectivity index (χ0v) is 9.33. The molecule has 4 heteroatoms. The van der Waals surface area contributed by atoms with Gasteiger partial charge >= 0.3 is 0 Å². The number of amides is 1. The number of rotatable bonds is 4. The Labute approximate surface area is 94.8 Å². The molecule has 1 aromatic rings. The Morgan fingerprint density at radius 1 is 1.44 bits per heavy atom. The van der Waals surface area contributed by atoms with E-state index in [1.165, 1.54) is 32.1 Å². The van der Waals surface area contributed by atoms with Crippen molar-refractivity contribution in [2.24, 2.45) is 5.92 Å². The standard InChI is InChI=1S/C12H17N3O/c16-12(13-7-8-2-1-3-8)11-6-10(14-15-11)9-4-5-9/h6,8-9H,1-5,7H2,(H,13,16)(H,14,15). The summed E-state index contributed by atoms with van der Waals surface area (Å²) in [6.45, 7) is 0.810. The fourth-order valence-electron chi connectivity index (χ4n) is 2.08. The first-order valence-electron chi connectivity index (χ1n) is 6.16. The van der Waals surface area contributed by atoms with Crippen LogP contribution >= 0.6 is 0 Å². The van der Waals surface area contributed by atoms with E-state index in [9.17, 15) is 4.79 Å². The Bertz CT molecular complexity index is 391. The van der Waals surface area contributed by atoms with Gasteiger partial charge in [-0.2, -0.15) is 5.10 Å². The van der Waals surface area contributed by atoms with Crippen molar-refractivity contribution >= 4 is 5.91 Å². The van der Waals surface area contributed by atoms with Crippen molar-refractivity contribution in [1.82, 2.24) is 15.5 Å². The van der Waals surface area contributed by atoms with Crippen LogP contribution in [0.3, 0.4) is 0 Å². The van der Waals surface area contributed by atoms with Gasteiger partial charge in [0.2, 0.25) is 0 Å². The molecule has 16 heavy (non-hydrogen) atoms. The maximum atomic E-state index is 11.8. The summed E-state index contributed by atoms with van der Waals surface area (Å²) in [5.74, 6) is 1.29. The fourth-order valence-corrected chi connectivity index (χ4v) is 2.08. The van der Waals surface area contributed by atoms with Gasteiger partial charge in [-0.15, -0.1) is 0 Å². The van der Waals surface area contributed by atoms with Gasteiger partial charge in [0.15, 0.2) is 0 Å². The zero-order valence-electron chi connectivity index (χ0n) is 9.33. The predicted molar refractivity (Wildman–Crippen MR) is 60.2 cm³/mol. The number of aromatic nitrogens is 2. The van der Waals surface area contributed by atoms with Crippen LogP contribution in [0.2, 0.25) is 0 Å². The quantitative estimate of drug-likeness (QED) is 0.811. The van der Waals surface area contributed by atoms with E-state index in [0.717, 1.165) is 12.2 Å². The maximum absolute atomic E-state index is 11.8. The van der Waals surface area contributed by atoms with Gasteiger partial charge in [0.25, 0.3) is 5.91 Å². The minimum atomic E-state index is -0.0324. The van der Waals surface area contributed by atoms with Crippen LogP contribution in [0, 0.1) is 5.92 Å². The second-order valence-corrected chi connectivity index (χ2v) is 4.99. The molecule has 0 bridgehead atoms. The fraction of sp³-hybridized carbons (Fsp3) is 0.667. The van der Waals surface area contributed by atoms with Crippen LogP contribution < -0.4 is 5.32 Å². The van der Waals surface area contributed by atoms with Crippen molar-refractivity contribution in [3.8, 4) is 0 Å². The van der Waals surface area contributed by atoms with Gasteiger partial charge in [0.1, 0.15) is 5.69 Å². The van der Waals surface area contributed by atoms with Crippen LogP contribution in [-0.4, -0.2) is 22.6 Å². The molecule has 0 unspecified atom stereocenters. The Morgan fingerprint density at radius 2 is 2.25 bits per heavy atom. The molecule has 2 aliphatic carbocycles. The van der Waals surface area contributed by atoms with E-state index in [1.54, 1.807) is 0 Å². The van der Waals surface area contributed by atoms with Gasteiger partial charge in [-0.05, 0) is 37.7 Å². The van der Waals surface area contributed by atoms with Crippen LogP contribution in [0.15, 0.2) is 6.07 Å². The second kappa shape index (κ2) is 3.92. The molecular weight excluding hydrogens is 202 g/mol. The van der Waals surface area contributed by atoms with Crippen molar-refractivity contribution in [2.75, 3.05) is 6.54 Å². The molecule has 1 amide bonds. The highest BCUT2D eigenvalue weighted by Gasteiger charge is 2.26. The molecule has 0 atom stereocenters. The van der Waals surface area contributed by atoms with Crippen molar-refractivity contribution in [1.29, 1.82) is 0 Å². The van der Waals surface area contributed by atoms with E-state index in [-0.39, 0.29) is 5.91 Å². The smallest absolute Gasteiger partial charge is 0.271 e. The van der Waals surface area contributed by atoms with Gasteiger partial charge in [0.05, 0.1) is 0 Å². The molecule has 0 saturated heterocycles. The largest absolute Gasteiger partial charge is 0.350 e. The lowest BCUT2D eigenvalue weighted by Crippen LogP contribution is -2.32. The van der Waals surface area contributed by atoms with Gasteiger partial charge in [-0.25, -0.2) is 0 Å². The summed E-state index contributed by atoms with van der Waals surface area (Å²) >= 11 is 0. The van der Waals surface area contributed by atoms with Crippen molar-refractivity contribution in [2.45, 2.75) is 38.0 Å². The molecule has 0 radical (unpaired) electrons. The number of H-pyrrole nitrogens is 1. The summed E-state index contributed by atoms with van der Waals surface area (Å²) in [6, 6.07) is 1.90. The third-order valence-electron chi connectivity index (χ3n) is 3.62. The number of nitrogens with one attached hydrogen (secondary N) is 2. The molecule has 2 fully saturated rings. The summed E-state index contributed by atoms with van der Waals surface area (Å²) in [4.78, 5) is 11.8. The molecule has 2 aliphatic rings. The zero-order chi connectivity index (χ0) is 11.0. The Kier molecular flexibility index (Phi) is 2.42. The Balaban J connectivity index is 1.55. The van der Waals surface area contributed by atoms with Crippen LogP contribution in [0.4, 0.5) is 0 Å². The Morgan fingerprint density at radius 3 is 2.88 bits per heavy atom. The molecule has 1 heterocycles. The molecule has 3 rings (SSSR count). The lowest BCUT2D eigenvalue weighted by Gasteiger charge is -2.25. The highest BCUT2D eigenvalue weighted by atomic mass is 16.1. The summed E-state index contributed by atoms with van der Waals surface area (Å²) in [5, 5.41) is 9.97. The summed E-state index contributed by atoms with van der Waals surface area (Å²) in [7, 11) is 0. The molecule has 86 valence electrons. The first-order valence-corrected chi connectivity index (χ1v) is 6.16. The average molecular weight is 219 g/mol. The number of aromatic amines is 1. The molecular formula is C12H17N3O. The second-order valence-electron chi connectivity index (χ2n) is 4.99. The molecule has 1 aromatic heterocycles. The van der Waals surface area contributed by atoms with Gasteiger partial charge in [-0.3, -0.25) is 9.89 Å².